The van der Waals surface area contributed by atoms with Crippen LogP contribution in [0.1, 0.15) is 34.9 Å². The number of carbonyl (C=O) groups is 2. The van der Waals surface area contributed by atoms with Crippen molar-refractivity contribution < 1.29 is 23.5 Å². The van der Waals surface area contributed by atoms with Crippen LogP contribution in [-0.4, -0.2) is 25.0 Å². The van der Waals surface area contributed by atoms with E-state index in [1.807, 2.05) is 0 Å². The van der Waals surface area contributed by atoms with Crippen LogP contribution in [0.4, 0.5) is 4.39 Å². The van der Waals surface area contributed by atoms with E-state index in [1.165, 1.54) is 19.2 Å². The Morgan fingerprint density at radius 1 is 1.16 bits per heavy atom. The molecule has 0 bridgehead atoms. The summed E-state index contributed by atoms with van der Waals surface area (Å²) in [5.74, 6) is -1.78. The molecule has 0 saturated heterocycles. The highest BCUT2D eigenvalue weighted by atomic mass is 19.1. The van der Waals surface area contributed by atoms with Gasteiger partial charge in [-0.3, -0.25) is 4.79 Å². The lowest BCUT2D eigenvalue weighted by atomic mass is 10.1. The summed E-state index contributed by atoms with van der Waals surface area (Å²) in [6.45, 7) is 0. The maximum absolute atomic E-state index is 14.1. The van der Waals surface area contributed by atoms with Crippen molar-refractivity contribution >= 4 is 11.9 Å². The minimum absolute atomic E-state index is 0.120. The third-order valence-corrected chi connectivity index (χ3v) is 3.89. The number of esters is 1. The topological polar surface area (TPSA) is 64.6 Å². The van der Waals surface area contributed by atoms with Crippen LogP contribution in [0, 0.1) is 5.82 Å². The summed E-state index contributed by atoms with van der Waals surface area (Å²) in [4.78, 5) is 24.8. The summed E-state index contributed by atoms with van der Waals surface area (Å²) in [7, 11) is 1.40. The van der Waals surface area contributed by atoms with E-state index in [4.69, 9.17) is 9.47 Å². The maximum atomic E-state index is 14.1. The molecule has 1 N–H and O–H groups in total. The van der Waals surface area contributed by atoms with Gasteiger partial charge in [0.1, 0.15) is 11.6 Å². The Morgan fingerprint density at radius 3 is 2.48 bits per heavy atom. The molecule has 0 radical (unpaired) electrons. The molecular weight excluding hydrogens is 325 g/mol. The van der Waals surface area contributed by atoms with Gasteiger partial charge in [0.15, 0.2) is 0 Å². The average molecular weight is 343 g/mol. The number of carbonyl (C=O) groups excluding carboxylic acids is 2. The third kappa shape index (κ3) is 4.15. The average Bonchev–Trinajstić information content (AvgIpc) is 3.43. The molecule has 1 atom stereocenters. The van der Waals surface area contributed by atoms with Crippen LogP contribution in [0.5, 0.6) is 5.75 Å². The quantitative estimate of drug-likeness (QED) is 0.819. The third-order valence-electron chi connectivity index (χ3n) is 3.89. The number of rotatable bonds is 6. The molecule has 1 amide bonds. The zero-order valence-corrected chi connectivity index (χ0v) is 13.7. The molecule has 0 unspecified atom stereocenters. The molecule has 0 aliphatic heterocycles. The number of hydrogen-bond donors (Lipinski definition) is 1. The van der Waals surface area contributed by atoms with Crippen molar-refractivity contribution in [3.8, 4) is 5.75 Å². The van der Waals surface area contributed by atoms with Gasteiger partial charge in [-0.2, -0.15) is 0 Å². The van der Waals surface area contributed by atoms with Crippen LogP contribution in [0.15, 0.2) is 48.5 Å². The number of amides is 1. The van der Waals surface area contributed by atoms with Gasteiger partial charge in [-0.05, 0) is 25.0 Å². The van der Waals surface area contributed by atoms with Crippen molar-refractivity contribution in [3.05, 3.63) is 65.5 Å². The zero-order valence-electron chi connectivity index (χ0n) is 13.7. The van der Waals surface area contributed by atoms with Gasteiger partial charge in [-0.15, -0.1) is 0 Å². The second-order valence-electron chi connectivity index (χ2n) is 5.82. The van der Waals surface area contributed by atoms with Gasteiger partial charge >= 0.3 is 5.97 Å². The molecule has 25 heavy (non-hydrogen) atoms. The van der Waals surface area contributed by atoms with Crippen molar-refractivity contribution in [1.82, 2.24) is 5.32 Å². The Bertz CT molecular complexity index is 774. The largest absolute Gasteiger partial charge is 0.497 e. The van der Waals surface area contributed by atoms with Gasteiger partial charge in [0.05, 0.1) is 12.7 Å². The number of nitrogens with one attached hydrogen (secondary N) is 1. The van der Waals surface area contributed by atoms with Gasteiger partial charge in [0.25, 0.3) is 5.91 Å². The van der Waals surface area contributed by atoms with Gasteiger partial charge in [0.2, 0.25) is 6.10 Å². The number of hydrogen-bond acceptors (Lipinski definition) is 4. The highest BCUT2D eigenvalue weighted by Crippen LogP contribution is 2.25. The van der Waals surface area contributed by atoms with Gasteiger partial charge in [0, 0.05) is 17.7 Å². The van der Waals surface area contributed by atoms with Crippen LogP contribution in [-0.2, 0) is 9.53 Å². The van der Waals surface area contributed by atoms with Crippen LogP contribution in [0.3, 0.4) is 0 Å². The Hall–Kier alpha value is -2.89. The fraction of sp³-hybridized carbons (Fsp3) is 0.263. The first-order valence-corrected chi connectivity index (χ1v) is 7.98. The van der Waals surface area contributed by atoms with Crippen molar-refractivity contribution in [2.24, 2.45) is 0 Å². The molecule has 1 aliphatic rings. The van der Waals surface area contributed by atoms with Crippen molar-refractivity contribution in [1.29, 1.82) is 0 Å². The van der Waals surface area contributed by atoms with E-state index in [0.29, 0.717) is 11.3 Å². The number of ether oxygens (including phenoxy) is 2. The lowest BCUT2D eigenvalue weighted by Crippen LogP contribution is -2.33. The predicted octanol–water partition coefficient (Wildman–Crippen LogP) is 3.01. The maximum Gasteiger partial charge on any atom is 0.342 e. The van der Waals surface area contributed by atoms with E-state index in [0.717, 1.165) is 18.9 Å². The molecule has 130 valence electrons. The van der Waals surface area contributed by atoms with E-state index >= 15 is 0 Å². The second-order valence-corrected chi connectivity index (χ2v) is 5.82. The van der Waals surface area contributed by atoms with Gasteiger partial charge < -0.3 is 14.8 Å². The van der Waals surface area contributed by atoms with E-state index in [9.17, 15) is 14.0 Å². The van der Waals surface area contributed by atoms with Crippen LogP contribution >= 0.6 is 0 Å². The molecule has 0 spiro atoms. The second kappa shape index (κ2) is 7.34. The molecule has 2 aromatic rings. The first-order chi connectivity index (χ1) is 12.1. The van der Waals surface area contributed by atoms with Gasteiger partial charge in [-0.25, -0.2) is 9.18 Å². The Balaban J connectivity index is 1.81. The SMILES string of the molecule is COc1ccc(C(=O)O[C@@H](C(=O)NC2CC2)c2ccccc2)c(F)c1. The molecule has 1 aliphatic carbocycles. The Labute approximate surface area is 144 Å². The first-order valence-electron chi connectivity index (χ1n) is 7.98. The van der Waals surface area contributed by atoms with E-state index < -0.39 is 23.8 Å². The molecule has 0 heterocycles. The zero-order chi connectivity index (χ0) is 17.8. The number of halogens is 1. The summed E-state index contributed by atoms with van der Waals surface area (Å²) in [5.41, 5.74) is 0.281. The molecule has 0 aromatic heterocycles. The monoisotopic (exact) mass is 343 g/mol. The molecular formula is C19H18FNO4. The van der Waals surface area contributed by atoms with Gasteiger partial charge in [-0.1, -0.05) is 30.3 Å². The molecule has 6 heteroatoms. The van der Waals surface area contributed by atoms with E-state index in [-0.39, 0.29) is 11.6 Å². The summed E-state index contributed by atoms with van der Waals surface area (Å²) in [6.07, 6.45) is 0.693. The highest BCUT2D eigenvalue weighted by molar-refractivity contribution is 5.93. The lowest BCUT2D eigenvalue weighted by Gasteiger charge is -2.18. The summed E-state index contributed by atoms with van der Waals surface area (Å²) in [5, 5.41) is 2.81. The number of methoxy groups -OCH3 is 1. The molecule has 5 nitrogen and oxygen atoms in total. The van der Waals surface area contributed by atoms with E-state index in [1.54, 1.807) is 30.3 Å². The lowest BCUT2D eigenvalue weighted by molar-refractivity contribution is -0.130. The fourth-order valence-electron chi connectivity index (χ4n) is 2.36. The fourth-order valence-corrected chi connectivity index (χ4v) is 2.36. The van der Waals surface area contributed by atoms with Crippen LogP contribution < -0.4 is 10.1 Å². The van der Waals surface area contributed by atoms with Crippen molar-refractivity contribution in [3.63, 3.8) is 0 Å². The standard InChI is InChI=1S/C19H18FNO4/c1-24-14-9-10-15(16(20)11-14)19(23)25-17(12-5-3-2-4-6-12)18(22)21-13-7-8-13/h2-6,9-11,13,17H,7-8H2,1H3,(H,21,22)/t17-/m1/s1. The minimum atomic E-state index is -1.13. The molecule has 1 fully saturated rings. The smallest absolute Gasteiger partial charge is 0.342 e. The summed E-state index contributed by atoms with van der Waals surface area (Å²) in [6, 6.07) is 12.6. The van der Waals surface area contributed by atoms with Crippen LogP contribution in [0.25, 0.3) is 0 Å². The number of benzene rings is 2. The highest BCUT2D eigenvalue weighted by Gasteiger charge is 2.31. The predicted molar refractivity (Wildman–Crippen MR) is 88.7 cm³/mol. The first kappa shape index (κ1) is 17.0. The summed E-state index contributed by atoms with van der Waals surface area (Å²) >= 11 is 0. The van der Waals surface area contributed by atoms with Crippen LogP contribution in [0.2, 0.25) is 0 Å². The van der Waals surface area contributed by atoms with E-state index in [2.05, 4.69) is 5.32 Å². The molecule has 2 aromatic carbocycles. The molecule has 1 saturated carbocycles. The molecule has 3 rings (SSSR count). The van der Waals surface area contributed by atoms with Crippen molar-refractivity contribution in [2.45, 2.75) is 25.0 Å². The minimum Gasteiger partial charge on any atom is -0.497 e. The normalized spacial score (nSPS) is 14.5. The Morgan fingerprint density at radius 2 is 1.88 bits per heavy atom. The van der Waals surface area contributed by atoms with Crippen molar-refractivity contribution in [2.75, 3.05) is 7.11 Å². The summed E-state index contributed by atoms with van der Waals surface area (Å²) < 4.78 is 24.3. The Kier molecular flexibility index (Phi) is 4.97.